The average Bonchev–Trinajstić information content (AvgIpc) is 2.31. The summed E-state index contributed by atoms with van der Waals surface area (Å²) in [6.45, 7) is 11.4. The van der Waals surface area contributed by atoms with Gasteiger partial charge in [0.05, 0.1) is 0 Å². The van der Waals surface area contributed by atoms with Crippen LogP contribution in [-0.2, 0) is 0 Å². The first-order chi connectivity index (χ1) is 7.90. The highest BCUT2D eigenvalue weighted by atomic mass is 15.1. The van der Waals surface area contributed by atoms with Gasteiger partial charge in [-0.2, -0.15) is 0 Å². The van der Waals surface area contributed by atoms with E-state index in [9.17, 15) is 0 Å². The zero-order chi connectivity index (χ0) is 13.1. The van der Waals surface area contributed by atoms with Gasteiger partial charge in [0.2, 0.25) is 0 Å². The molecule has 1 fully saturated rings. The van der Waals surface area contributed by atoms with Crippen LogP contribution in [0, 0.1) is 17.3 Å². The van der Waals surface area contributed by atoms with Gasteiger partial charge in [-0.25, -0.2) is 0 Å². The Morgan fingerprint density at radius 3 is 2.18 bits per heavy atom. The fourth-order valence-electron chi connectivity index (χ4n) is 2.98. The summed E-state index contributed by atoms with van der Waals surface area (Å²) < 4.78 is 0. The minimum Gasteiger partial charge on any atom is -0.330 e. The third kappa shape index (κ3) is 3.96. The standard InChI is InChI=1S/C15H32N2/c1-12(2)14(4)17(5)11-15(10-16)8-6-13(3)7-9-15/h12-14H,6-11,16H2,1-5H3. The van der Waals surface area contributed by atoms with E-state index in [1.54, 1.807) is 0 Å². The van der Waals surface area contributed by atoms with Crippen molar-refractivity contribution in [3.05, 3.63) is 0 Å². The molecular formula is C15H32N2. The van der Waals surface area contributed by atoms with Gasteiger partial charge in [-0.1, -0.05) is 33.6 Å². The Hall–Kier alpha value is -0.0800. The molecule has 1 atom stereocenters. The van der Waals surface area contributed by atoms with E-state index in [4.69, 9.17) is 5.73 Å². The Morgan fingerprint density at radius 2 is 1.76 bits per heavy atom. The van der Waals surface area contributed by atoms with Crippen molar-refractivity contribution < 1.29 is 0 Å². The van der Waals surface area contributed by atoms with Crippen molar-refractivity contribution in [3.8, 4) is 0 Å². The maximum absolute atomic E-state index is 6.08. The lowest BCUT2D eigenvalue weighted by molar-refractivity contribution is 0.0783. The molecule has 0 saturated heterocycles. The van der Waals surface area contributed by atoms with Gasteiger partial charge in [0.25, 0.3) is 0 Å². The van der Waals surface area contributed by atoms with E-state index in [1.807, 2.05) is 0 Å². The first-order valence-electron chi connectivity index (χ1n) is 7.30. The number of hydrogen-bond acceptors (Lipinski definition) is 2. The first-order valence-corrected chi connectivity index (χ1v) is 7.30. The van der Waals surface area contributed by atoms with Gasteiger partial charge >= 0.3 is 0 Å². The zero-order valence-corrected chi connectivity index (χ0v) is 12.5. The van der Waals surface area contributed by atoms with Gasteiger partial charge in [0.1, 0.15) is 0 Å². The summed E-state index contributed by atoms with van der Waals surface area (Å²) in [5.74, 6) is 1.62. The van der Waals surface area contributed by atoms with Crippen LogP contribution in [0.15, 0.2) is 0 Å². The van der Waals surface area contributed by atoms with E-state index >= 15 is 0 Å². The van der Waals surface area contributed by atoms with Gasteiger partial charge in [-0.05, 0) is 50.6 Å². The van der Waals surface area contributed by atoms with E-state index in [2.05, 4.69) is 39.6 Å². The van der Waals surface area contributed by atoms with Crippen LogP contribution in [-0.4, -0.2) is 31.1 Å². The zero-order valence-electron chi connectivity index (χ0n) is 12.5. The molecule has 102 valence electrons. The maximum atomic E-state index is 6.08. The van der Waals surface area contributed by atoms with Crippen LogP contribution in [0.1, 0.15) is 53.4 Å². The molecule has 0 bridgehead atoms. The maximum Gasteiger partial charge on any atom is 0.00871 e. The van der Waals surface area contributed by atoms with Crippen LogP contribution in [0.3, 0.4) is 0 Å². The number of nitrogens with two attached hydrogens (primary N) is 1. The van der Waals surface area contributed by atoms with E-state index < -0.39 is 0 Å². The van der Waals surface area contributed by atoms with Crippen molar-refractivity contribution in [2.45, 2.75) is 59.4 Å². The van der Waals surface area contributed by atoms with Crippen molar-refractivity contribution in [2.75, 3.05) is 20.1 Å². The summed E-state index contributed by atoms with van der Waals surface area (Å²) in [7, 11) is 2.26. The average molecular weight is 240 g/mol. The molecule has 1 aliphatic carbocycles. The molecule has 0 aromatic carbocycles. The molecule has 0 radical (unpaired) electrons. The molecule has 2 N–H and O–H groups in total. The summed E-state index contributed by atoms with van der Waals surface area (Å²) in [5, 5.41) is 0. The minimum absolute atomic E-state index is 0.393. The normalized spacial score (nSPS) is 32.1. The second-order valence-electron chi connectivity index (χ2n) is 6.79. The molecule has 2 heteroatoms. The van der Waals surface area contributed by atoms with Crippen molar-refractivity contribution in [2.24, 2.45) is 23.0 Å². The van der Waals surface area contributed by atoms with Crippen molar-refractivity contribution in [3.63, 3.8) is 0 Å². The summed E-state index contributed by atoms with van der Waals surface area (Å²) in [6, 6.07) is 0.651. The van der Waals surface area contributed by atoms with Gasteiger partial charge in [0.15, 0.2) is 0 Å². The SMILES string of the molecule is CC1CCC(CN)(CN(C)C(C)C(C)C)CC1. The van der Waals surface area contributed by atoms with Gasteiger partial charge < -0.3 is 10.6 Å². The van der Waals surface area contributed by atoms with Crippen molar-refractivity contribution in [1.29, 1.82) is 0 Å². The fourth-order valence-corrected chi connectivity index (χ4v) is 2.98. The molecule has 0 spiro atoms. The second kappa shape index (κ2) is 6.19. The van der Waals surface area contributed by atoms with Crippen LogP contribution >= 0.6 is 0 Å². The summed E-state index contributed by atoms with van der Waals surface area (Å²) >= 11 is 0. The van der Waals surface area contributed by atoms with Crippen molar-refractivity contribution in [1.82, 2.24) is 4.90 Å². The van der Waals surface area contributed by atoms with E-state index in [0.717, 1.165) is 18.4 Å². The highest BCUT2D eigenvalue weighted by Crippen LogP contribution is 2.39. The van der Waals surface area contributed by atoms with Crippen LogP contribution in [0.5, 0.6) is 0 Å². The molecule has 0 aliphatic heterocycles. The van der Waals surface area contributed by atoms with Gasteiger partial charge in [0, 0.05) is 12.6 Å². The Morgan fingerprint density at radius 1 is 1.24 bits per heavy atom. The van der Waals surface area contributed by atoms with Crippen LogP contribution in [0.4, 0.5) is 0 Å². The third-order valence-corrected chi connectivity index (χ3v) is 5.01. The lowest BCUT2D eigenvalue weighted by atomic mass is 9.70. The molecule has 1 rings (SSSR count). The highest BCUT2D eigenvalue weighted by Gasteiger charge is 2.34. The smallest absolute Gasteiger partial charge is 0.00871 e. The molecule has 0 heterocycles. The fraction of sp³-hybridized carbons (Fsp3) is 1.00. The quantitative estimate of drug-likeness (QED) is 0.800. The molecule has 0 aromatic heterocycles. The first kappa shape index (κ1) is 15.0. The minimum atomic E-state index is 0.393. The Labute approximate surface area is 108 Å². The van der Waals surface area contributed by atoms with Crippen molar-refractivity contribution >= 4 is 0 Å². The molecule has 17 heavy (non-hydrogen) atoms. The van der Waals surface area contributed by atoms with Gasteiger partial charge in [-0.3, -0.25) is 0 Å². The molecular weight excluding hydrogens is 208 g/mol. The van der Waals surface area contributed by atoms with E-state index in [1.165, 1.54) is 32.2 Å². The predicted molar refractivity (Wildman–Crippen MR) is 76.0 cm³/mol. The second-order valence-corrected chi connectivity index (χ2v) is 6.79. The van der Waals surface area contributed by atoms with Crippen LogP contribution in [0.2, 0.25) is 0 Å². The Balaban J connectivity index is 2.57. The lowest BCUT2D eigenvalue weighted by Gasteiger charge is -2.43. The Kier molecular flexibility index (Phi) is 5.46. The molecule has 0 amide bonds. The highest BCUT2D eigenvalue weighted by molar-refractivity contribution is 4.89. The van der Waals surface area contributed by atoms with Crippen LogP contribution in [0.25, 0.3) is 0 Å². The number of nitrogens with zero attached hydrogens (tertiary/aromatic N) is 1. The predicted octanol–water partition coefficient (Wildman–Crippen LogP) is 3.12. The summed E-state index contributed by atoms with van der Waals surface area (Å²) in [4.78, 5) is 2.52. The monoisotopic (exact) mass is 240 g/mol. The van der Waals surface area contributed by atoms with E-state index in [0.29, 0.717) is 11.5 Å². The largest absolute Gasteiger partial charge is 0.330 e. The molecule has 1 unspecified atom stereocenters. The molecule has 1 aliphatic rings. The summed E-state index contributed by atoms with van der Waals surface area (Å²) in [6.07, 6.45) is 5.36. The topological polar surface area (TPSA) is 29.3 Å². The lowest BCUT2D eigenvalue weighted by Crippen LogP contribution is -2.47. The molecule has 2 nitrogen and oxygen atoms in total. The van der Waals surface area contributed by atoms with Gasteiger partial charge in [-0.15, -0.1) is 0 Å². The van der Waals surface area contributed by atoms with E-state index in [-0.39, 0.29) is 0 Å². The molecule has 1 saturated carbocycles. The Bertz CT molecular complexity index is 217. The number of rotatable bonds is 5. The number of hydrogen-bond donors (Lipinski definition) is 1. The molecule has 0 aromatic rings. The third-order valence-electron chi connectivity index (χ3n) is 5.01. The summed E-state index contributed by atoms with van der Waals surface area (Å²) in [5.41, 5.74) is 6.47. The van der Waals surface area contributed by atoms with Crippen LogP contribution < -0.4 is 5.73 Å².